The lowest BCUT2D eigenvalue weighted by Gasteiger charge is -2.46. The quantitative estimate of drug-likeness (QED) is 0.0905. The minimum Gasteiger partial charge on any atom is -0.497 e. The van der Waals surface area contributed by atoms with Gasteiger partial charge in [0.15, 0.2) is 5.78 Å². The number of rotatable bonds is 11. The Balaban J connectivity index is 1.28. The first-order valence-corrected chi connectivity index (χ1v) is 21.6. The largest absolute Gasteiger partial charge is 0.497 e. The second-order valence-corrected chi connectivity index (χ2v) is 17.3. The third-order valence-corrected chi connectivity index (χ3v) is 13.4. The molecule has 0 radical (unpaired) electrons. The molecule has 0 aliphatic heterocycles. The second-order valence-electron chi connectivity index (χ2n) is 17.3. The van der Waals surface area contributed by atoms with Gasteiger partial charge in [0.1, 0.15) is 11.5 Å². The maximum atomic E-state index is 14.8. The molecule has 3 aliphatic rings. The van der Waals surface area contributed by atoms with Crippen LogP contribution in [-0.4, -0.2) is 59.4 Å². The Morgan fingerprint density at radius 3 is 2.26 bits per heavy atom. The first kappa shape index (κ1) is 43.4. The highest BCUT2D eigenvalue weighted by Crippen LogP contribution is 2.59. The zero-order valence-electron chi connectivity index (χ0n) is 36.2. The molecule has 5 unspecified atom stereocenters. The number of ether oxygens (including phenoxy) is 2. The summed E-state index contributed by atoms with van der Waals surface area (Å²) in [6, 6.07) is 38.8. The zero-order chi connectivity index (χ0) is 43.1. The lowest BCUT2D eigenvalue weighted by molar-refractivity contribution is -0.0781. The molecule has 3 N–H and O–H groups in total. The molecule has 5 aromatic carbocycles. The van der Waals surface area contributed by atoms with Gasteiger partial charge in [-0.3, -0.25) is 4.79 Å². The summed E-state index contributed by atoms with van der Waals surface area (Å²) >= 11 is 0. The Morgan fingerprint density at radius 2 is 1.56 bits per heavy atom. The number of nitrogens with one attached hydrogen (secondary N) is 1. The first-order chi connectivity index (χ1) is 29.4. The lowest BCUT2D eigenvalue weighted by Crippen LogP contribution is -2.55. The number of carbonyl (C=O) groups excluding carboxylic acids is 2. The average Bonchev–Trinajstić information content (AvgIpc) is 3.53. The highest BCUT2D eigenvalue weighted by Gasteiger charge is 2.57. The van der Waals surface area contributed by atoms with Crippen molar-refractivity contribution in [3.8, 4) is 22.6 Å². The van der Waals surface area contributed by atoms with Crippen LogP contribution >= 0.6 is 0 Å². The van der Waals surface area contributed by atoms with E-state index in [1.165, 1.54) is 5.57 Å². The van der Waals surface area contributed by atoms with E-state index < -0.39 is 17.1 Å². The fourth-order valence-electron chi connectivity index (χ4n) is 9.60. The van der Waals surface area contributed by atoms with E-state index in [0.717, 1.165) is 39.8 Å². The van der Waals surface area contributed by atoms with Crippen molar-refractivity contribution >= 4 is 11.8 Å². The van der Waals surface area contributed by atoms with Gasteiger partial charge in [0, 0.05) is 28.2 Å². The van der Waals surface area contributed by atoms with E-state index >= 15 is 0 Å². The maximum absolute atomic E-state index is 14.8. The van der Waals surface area contributed by atoms with Crippen LogP contribution in [-0.2, 0) is 13.0 Å². The monoisotopic (exact) mass is 820 g/mol. The van der Waals surface area contributed by atoms with Crippen LogP contribution < -0.4 is 14.8 Å². The van der Waals surface area contributed by atoms with Crippen molar-refractivity contribution in [2.24, 2.45) is 5.41 Å². The first-order valence-electron chi connectivity index (χ1n) is 21.6. The van der Waals surface area contributed by atoms with Crippen LogP contribution in [0, 0.1) is 5.41 Å². The van der Waals surface area contributed by atoms with Crippen molar-refractivity contribution in [3.63, 3.8) is 0 Å². The van der Waals surface area contributed by atoms with Gasteiger partial charge in [-0.2, -0.15) is 0 Å². The normalized spacial score (nSPS) is 22.0. The van der Waals surface area contributed by atoms with Crippen molar-refractivity contribution in [2.45, 2.75) is 95.9 Å². The molecule has 61 heavy (non-hydrogen) atoms. The predicted molar refractivity (Wildman–Crippen MR) is 242 cm³/mol. The minimum atomic E-state index is -1.34. The van der Waals surface area contributed by atoms with E-state index in [9.17, 15) is 19.8 Å². The number of carbonyl (C=O) groups is 2. The number of nitrogens with zero attached hydrogens (tertiary/aromatic N) is 1. The number of benzene rings is 5. The molecule has 1 fully saturated rings. The third-order valence-electron chi connectivity index (χ3n) is 13.4. The van der Waals surface area contributed by atoms with Crippen molar-refractivity contribution in [1.29, 1.82) is 0 Å². The summed E-state index contributed by atoms with van der Waals surface area (Å²) < 4.78 is 11.3. The molecule has 2 amide bonds. The number of amides is 2. The summed E-state index contributed by atoms with van der Waals surface area (Å²) in [6.45, 7) is 6.46. The van der Waals surface area contributed by atoms with Gasteiger partial charge in [-0.05, 0) is 111 Å². The number of methoxy groups -OCH3 is 2. The SMILES string of the molecule is COc1ccc(CN(CC2(O)CCC3c4ccc(cc4C(=O)c4ccc(-c5ccccc5)cc4)CC(O)CCC(C)=CCCC32C)C(=O)NC(C)c2ccccc2)c(OC)c1. The number of allylic oxidation sites excluding steroid dienone is 2. The van der Waals surface area contributed by atoms with E-state index in [4.69, 9.17) is 9.47 Å². The molecular formula is C53H60N2O6. The number of aliphatic hydroxyl groups is 2. The molecule has 0 spiro atoms. The summed E-state index contributed by atoms with van der Waals surface area (Å²) in [5, 5.41) is 27.7. The highest BCUT2D eigenvalue weighted by atomic mass is 16.5. The van der Waals surface area contributed by atoms with Crippen LogP contribution in [0.3, 0.4) is 0 Å². The Labute approximate surface area is 361 Å². The van der Waals surface area contributed by atoms with E-state index in [2.05, 4.69) is 43.4 Å². The summed E-state index contributed by atoms with van der Waals surface area (Å²) in [7, 11) is 3.20. The van der Waals surface area contributed by atoms with Gasteiger partial charge in [-0.1, -0.05) is 116 Å². The molecule has 0 aromatic heterocycles. The van der Waals surface area contributed by atoms with E-state index in [1.807, 2.05) is 110 Å². The van der Waals surface area contributed by atoms with Crippen LogP contribution in [0.4, 0.5) is 4.79 Å². The van der Waals surface area contributed by atoms with Crippen molar-refractivity contribution in [2.75, 3.05) is 20.8 Å². The van der Waals surface area contributed by atoms with E-state index in [-0.39, 0.29) is 36.9 Å². The molecule has 318 valence electrons. The Kier molecular flexibility index (Phi) is 13.5. The third kappa shape index (κ3) is 9.61. The molecule has 1 saturated carbocycles. The predicted octanol–water partition coefficient (Wildman–Crippen LogP) is 10.6. The smallest absolute Gasteiger partial charge is 0.318 e. The number of hydrogen-bond acceptors (Lipinski definition) is 6. The molecule has 5 aromatic rings. The van der Waals surface area contributed by atoms with Crippen LogP contribution in [0.2, 0.25) is 0 Å². The van der Waals surface area contributed by atoms with E-state index in [0.29, 0.717) is 61.2 Å². The van der Waals surface area contributed by atoms with Crippen molar-refractivity contribution in [1.82, 2.24) is 10.2 Å². The van der Waals surface area contributed by atoms with Gasteiger partial charge in [-0.15, -0.1) is 0 Å². The fourth-order valence-corrected chi connectivity index (χ4v) is 9.60. The molecule has 0 saturated heterocycles. The second kappa shape index (κ2) is 18.9. The molecule has 5 atom stereocenters. The lowest BCUT2D eigenvalue weighted by atomic mass is 9.64. The minimum absolute atomic E-state index is 0.0553. The molecule has 8 nitrogen and oxygen atoms in total. The van der Waals surface area contributed by atoms with E-state index in [1.54, 1.807) is 19.1 Å². The molecular weight excluding hydrogens is 761 g/mol. The zero-order valence-corrected chi connectivity index (χ0v) is 36.2. The summed E-state index contributed by atoms with van der Waals surface area (Å²) in [6.07, 6.45) is 5.85. The van der Waals surface area contributed by atoms with Gasteiger partial charge < -0.3 is 29.9 Å². The molecule has 3 aliphatic carbocycles. The number of aliphatic hydroxyl groups excluding tert-OH is 1. The Hall–Kier alpha value is -5.70. The van der Waals surface area contributed by atoms with Gasteiger partial charge in [0.25, 0.3) is 0 Å². The van der Waals surface area contributed by atoms with Crippen LogP contribution in [0.5, 0.6) is 11.5 Å². The summed E-state index contributed by atoms with van der Waals surface area (Å²) in [5.74, 6) is 0.924. The molecule has 0 heterocycles. The van der Waals surface area contributed by atoms with Crippen LogP contribution in [0.1, 0.15) is 109 Å². The fraction of sp³-hybridized carbons (Fsp3) is 0.358. The highest BCUT2D eigenvalue weighted by molar-refractivity contribution is 6.10. The van der Waals surface area contributed by atoms with Crippen LogP contribution in [0.25, 0.3) is 11.1 Å². The average molecular weight is 821 g/mol. The van der Waals surface area contributed by atoms with Crippen molar-refractivity contribution < 1.29 is 29.3 Å². The number of fused-ring (bicyclic) bond motifs is 8. The standard InChI is InChI=1S/C53H60N2O6/c1-36-13-12-29-52(3)48(46-27-19-38(31-44(56)25-18-36)32-47(46)50(57)42-22-20-41(21-23-42)40-16-10-7-11-17-40)28-30-53(52,59)35-55(34-43-24-26-45(60-4)33-49(43)61-5)51(58)54-37(2)39-14-8-6-9-15-39/h6-11,13-17,19-24,26-27,32-33,37,44,48,56,59H,12,18,25,28-31,34-35H2,1-5H3,(H,54,58). The molecule has 8 rings (SSSR count). The molecule has 8 heteroatoms. The van der Waals surface area contributed by atoms with Gasteiger partial charge >= 0.3 is 6.03 Å². The van der Waals surface area contributed by atoms with Crippen molar-refractivity contribution in [3.05, 3.63) is 166 Å². The molecule has 2 bridgehead atoms. The Bertz CT molecular complexity index is 2330. The van der Waals surface area contributed by atoms with Gasteiger partial charge in [0.05, 0.1) is 45.1 Å². The van der Waals surface area contributed by atoms with Gasteiger partial charge in [-0.25, -0.2) is 4.79 Å². The summed E-state index contributed by atoms with van der Waals surface area (Å²) in [5.41, 5.74) is 5.92. The number of hydrogen-bond donors (Lipinski definition) is 3. The topological polar surface area (TPSA) is 108 Å². The number of ketones is 1. The van der Waals surface area contributed by atoms with Gasteiger partial charge in [0.2, 0.25) is 0 Å². The maximum Gasteiger partial charge on any atom is 0.318 e. The number of urea groups is 1. The Morgan fingerprint density at radius 1 is 0.852 bits per heavy atom. The summed E-state index contributed by atoms with van der Waals surface area (Å²) in [4.78, 5) is 31.1. The van der Waals surface area contributed by atoms with Crippen LogP contribution in [0.15, 0.2) is 133 Å².